The molecule has 1 N–H and O–H groups in total. The third kappa shape index (κ3) is 5.51. The minimum Gasteiger partial charge on any atom is -0.493 e. The van der Waals surface area contributed by atoms with Gasteiger partial charge in [0.2, 0.25) is 0 Å². The lowest BCUT2D eigenvalue weighted by Gasteiger charge is -2.16. The topological polar surface area (TPSA) is 58.6 Å². The van der Waals surface area contributed by atoms with Crippen LogP contribution in [0, 0.1) is 0 Å². The monoisotopic (exact) mass is 414 g/mol. The minimum absolute atomic E-state index is 0.0161. The zero-order valence-electron chi connectivity index (χ0n) is 17.4. The van der Waals surface area contributed by atoms with E-state index in [4.69, 9.17) is 4.74 Å². The lowest BCUT2D eigenvalue weighted by molar-refractivity contribution is 0.0792. The highest BCUT2D eigenvalue weighted by atomic mass is 16.5. The Morgan fingerprint density at radius 3 is 2.39 bits per heavy atom. The Balaban J connectivity index is 1.37. The second-order valence-electron chi connectivity index (χ2n) is 7.65. The molecule has 3 aromatic carbocycles. The summed E-state index contributed by atoms with van der Waals surface area (Å²) in [6.07, 6.45) is 2.90. The highest BCUT2D eigenvalue weighted by molar-refractivity contribution is 6.05. The van der Waals surface area contributed by atoms with Crippen molar-refractivity contribution in [1.82, 2.24) is 4.90 Å². The predicted octanol–water partition coefficient (Wildman–Crippen LogP) is 4.80. The molecule has 1 heterocycles. The van der Waals surface area contributed by atoms with Gasteiger partial charge in [0.1, 0.15) is 5.75 Å². The van der Waals surface area contributed by atoms with Gasteiger partial charge in [-0.15, -0.1) is 0 Å². The van der Waals surface area contributed by atoms with Crippen molar-refractivity contribution >= 4 is 17.5 Å². The number of amides is 2. The maximum atomic E-state index is 12.7. The van der Waals surface area contributed by atoms with Gasteiger partial charge < -0.3 is 15.0 Å². The summed E-state index contributed by atoms with van der Waals surface area (Å²) in [7, 11) is 0. The Morgan fingerprint density at radius 2 is 1.58 bits per heavy atom. The van der Waals surface area contributed by atoms with Crippen molar-refractivity contribution in [1.29, 1.82) is 0 Å². The fourth-order valence-electron chi connectivity index (χ4n) is 3.69. The minimum atomic E-state index is -0.237. The van der Waals surface area contributed by atoms with Gasteiger partial charge in [-0.25, -0.2) is 0 Å². The SMILES string of the molecule is O=C(Nc1cccc(C(=O)N2CCCC2)c1)c1cccc(OCCc2ccccc2)c1. The van der Waals surface area contributed by atoms with Gasteiger partial charge in [0, 0.05) is 36.3 Å². The first-order valence-electron chi connectivity index (χ1n) is 10.7. The lowest BCUT2D eigenvalue weighted by atomic mass is 10.1. The fraction of sp³-hybridized carbons (Fsp3) is 0.231. The number of benzene rings is 3. The van der Waals surface area contributed by atoms with E-state index in [1.54, 1.807) is 42.5 Å². The van der Waals surface area contributed by atoms with E-state index in [0.29, 0.717) is 29.2 Å². The molecule has 1 fully saturated rings. The van der Waals surface area contributed by atoms with Crippen molar-refractivity contribution in [3.63, 3.8) is 0 Å². The van der Waals surface area contributed by atoms with Crippen LogP contribution < -0.4 is 10.1 Å². The Kier molecular flexibility index (Phi) is 6.62. The average Bonchev–Trinajstić information content (AvgIpc) is 3.35. The number of anilines is 1. The van der Waals surface area contributed by atoms with Crippen molar-refractivity contribution in [2.75, 3.05) is 25.0 Å². The van der Waals surface area contributed by atoms with E-state index in [-0.39, 0.29) is 11.8 Å². The van der Waals surface area contributed by atoms with Gasteiger partial charge in [0.05, 0.1) is 6.61 Å². The van der Waals surface area contributed by atoms with Gasteiger partial charge in [-0.05, 0) is 54.8 Å². The number of rotatable bonds is 7. The van der Waals surface area contributed by atoms with Crippen LogP contribution >= 0.6 is 0 Å². The maximum absolute atomic E-state index is 12.7. The summed E-state index contributed by atoms with van der Waals surface area (Å²) in [5, 5.41) is 2.89. The number of hydrogen-bond donors (Lipinski definition) is 1. The van der Waals surface area contributed by atoms with Crippen LogP contribution in [0.25, 0.3) is 0 Å². The first-order chi connectivity index (χ1) is 15.2. The molecule has 0 aliphatic carbocycles. The molecule has 1 aliphatic rings. The molecule has 5 nitrogen and oxygen atoms in total. The number of nitrogens with one attached hydrogen (secondary N) is 1. The Morgan fingerprint density at radius 1 is 0.839 bits per heavy atom. The summed E-state index contributed by atoms with van der Waals surface area (Å²) in [5.74, 6) is 0.434. The van der Waals surface area contributed by atoms with Gasteiger partial charge in [-0.2, -0.15) is 0 Å². The molecule has 0 radical (unpaired) electrons. The summed E-state index contributed by atoms with van der Waals surface area (Å²) in [6, 6.07) is 24.4. The zero-order chi connectivity index (χ0) is 21.5. The van der Waals surface area contributed by atoms with E-state index in [2.05, 4.69) is 17.4 Å². The molecule has 0 aromatic heterocycles. The van der Waals surface area contributed by atoms with Crippen molar-refractivity contribution in [2.24, 2.45) is 0 Å². The van der Waals surface area contributed by atoms with Crippen LogP contribution in [-0.2, 0) is 6.42 Å². The van der Waals surface area contributed by atoms with E-state index in [9.17, 15) is 9.59 Å². The zero-order valence-corrected chi connectivity index (χ0v) is 17.4. The van der Waals surface area contributed by atoms with E-state index in [1.165, 1.54) is 5.56 Å². The Hall–Kier alpha value is -3.60. The molecule has 0 unspecified atom stereocenters. The summed E-state index contributed by atoms with van der Waals surface area (Å²) in [4.78, 5) is 27.2. The van der Waals surface area contributed by atoms with Crippen molar-refractivity contribution < 1.29 is 14.3 Å². The standard InChI is InChI=1S/C26H26N2O3/c29-25(27-23-12-6-11-22(18-23)26(30)28-15-4-5-16-28)21-10-7-13-24(19-21)31-17-14-20-8-2-1-3-9-20/h1-3,6-13,18-19H,4-5,14-17H2,(H,27,29). The van der Waals surface area contributed by atoms with Crippen LogP contribution in [0.3, 0.4) is 0 Å². The van der Waals surface area contributed by atoms with Gasteiger partial charge in [0.15, 0.2) is 0 Å². The maximum Gasteiger partial charge on any atom is 0.255 e. The first kappa shape index (κ1) is 20.7. The Labute approximate surface area is 182 Å². The highest BCUT2D eigenvalue weighted by Gasteiger charge is 2.19. The molecule has 158 valence electrons. The van der Waals surface area contributed by atoms with E-state index in [1.807, 2.05) is 29.2 Å². The molecule has 3 aromatic rings. The van der Waals surface area contributed by atoms with Crippen LogP contribution in [0.15, 0.2) is 78.9 Å². The van der Waals surface area contributed by atoms with Crippen LogP contribution in [0.1, 0.15) is 39.1 Å². The smallest absolute Gasteiger partial charge is 0.255 e. The normalized spacial score (nSPS) is 13.1. The number of ether oxygens (including phenoxy) is 1. The molecule has 0 atom stereocenters. The average molecular weight is 415 g/mol. The van der Waals surface area contributed by atoms with Gasteiger partial charge >= 0.3 is 0 Å². The largest absolute Gasteiger partial charge is 0.493 e. The quantitative estimate of drug-likeness (QED) is 0.604. The molecule has 1 aliphatic heterocycles. The molecular weight excluding hydrogens is 388 g/mol. The van der Waals surface area contributed by atoms with Crippen molar-refractivity contribution in [3.05, 3.63) is 95.6 Å². The van der Waals surface area contributed by atoms with Crippen molar-refractivity contribution in [3.8, 4) is 5.75 Å². The molecule has 0 bridgehead atoms. The molecule has 1 saturated heterocycles. The third-order valence-corrected chi connectivity index (χ3v) is 5.36. The number of hydrogen-bond acceptors (Lipinski definition) is 3. The molecule has 31 heavy (non-hydrogen) atoms. The summed E-state index contributed by atoms with van der Waals surface area (Å²) in [5.41, 5.74) is 2.91. The van der Waals surface area contributed by atoms with E-state index < -0.39 is 0 Å². The van der Waals surface area contributed by atoms with Crippen LogP contribution in [0.4, 0.5) is 5.69 Å². The fourth-order valence-corrected chi connectivity index (χ4v) is 3.69. The van der Waals surface area contributed by atoms with E-state index in [0.717, 1.165) is 32.4 Å². The number of nitrogens with zero attached hydrogens (tertiary/aromatic N) is 1. The van der Waals surface area contributed by atoms with E-state index >= 15 is 0 Å². The van der Waals surface area contributed by atoms with Gasteiger partial charge in [-0.3, -0.25) is 9.59 Å². The van der Waals surface area contributed by atoms with Crippen LogP contribution in [-0.4, -0.2) is 36.4 Å². The summed E-state index contributed by atoms with van der Waals surface area (Å²) in [6.45, 7) is 2.13. The third-order valence-electron chi connectivity index (χ3n) is 5.36. The summed E-state index contributed by atoms with van der Waals surface area (Å²) >= 11 is 0. The number of carbonyl (C=O) groups excluding carboxylic acids is 2. The summed E-state index contributed by atoms with van der Waals surface area (Å²) < 4.78 is 5.83. The van der Waals surface area contributed by atoms with Crippen molar-refractivity contribution in [2.45, 2.75) is 19.3 Å². The second-order valence-corrected chi connectivity index (χ2v) is 7.65. The highest BCUT2D eigenvalue weighted by Crippen LogP contribution is 2.19. The Bertz CT molecular complexity index is 1040. The van der Waals surface area contributed by atoms with Crippen LogP contribution in [0.2, 0.25) is 0 Å². The second kappa shape index (κ2) is 9.94. The molecular formula is C26H26N2O3. The first-order valence-corrected chi connectivity index (χ1v) is 10.7. The predicted molar refractivity (Wildman–Crippen MR) is 122 cm³/mol. The lowest BCUT2D eigenvalue weighted by Crippen LogP contribution is -2.27. The number of likely N-dealkylation sites (tertiary alicyclic amines) is 1. The number of carbonyl (C=O) groups is 2. The van der Waals surface area contributed by atoms with Gasteiger partial charge in [0.25, 0.3) is 11.8 Å². The molecule has 0 spiro atoms. The molecule has 2 amide bonds. The van der Waals surface area contributed by atoms with Gasteiger partial charge in [-0.1, -0.05) is 42.5 Å². The molecule has 4 rings (SSSR count). The van der Waals surface area contributed by atoms with Crippen LogP contribution in [0.5, 0.6) is 5.75 Å². The molecule has 5 heteroatoms. The molecule has 0 saturated carbocycles.